The van der Waals surface area contributed by atoms with E-state index in [0.717, 1.165) is 0 Å². The van der Waals surface area contributed by atoms with Gasteiger partial charge in [-0.25, -0.2) is 8.42 Å². The number of hydrogen-bond acceptors (Lipinski definition) is 3. The van der Waals surface area contributed by atoms with Crippen LogP contribution >= 0.6 is 11.6 Å². The molecule has 0 aliphatic carbocycles. The van der Waals surface area contributed by atoms with E-state index >= 15 is 0 Å². The van der Waals surface area contributed by atoms with E-state index < -0.39 is 9.84 Å². The first-order valence-electron chi connectivity index (χ1n) is 4.31. The average Bonchev–Trinajstić information content (AvgIpc) is 2.17. The number of alkyl halides is 1. The lowest BCUT2D eigenvalue weighted by Crippen LogP contribution is -2.08. The third-order valence-electron chi connectivity index (χ3n) is 2.02. The smallest absolute Gasteiger partial charge is 0.179 e. The lowest BCUT2D eigenvalue weighted by molar-refractivity contribution is 0.597. The summed E-state index contributed by atoms with van der Waals surface area (Å²) in [5.41, 5.74) is 1.15. The van der Waals surface area contributed by atoms with E-state index in [-0.39, 0.29) is 16.5 Å². The zero-order chi connectivity index (χ0) is 11.5. The number of aryl methyl sites for hydroxylation is 1. The molecule has 3 nitrogen and oxygen atoms in total. The van der Waals surface area contributed by atoms with E-state index in [9.17, 15) is 8.42 Å². The quantitative estimate of drug-likeness (QED) is 0.762. The molecule has 0 saturated carbocycles. The number of sulfone groups is 1. The molecule has 0 fully saturated rings. The summed E-state index contributed by atoms with van der Waals surface area (Å²) in [5.74, 6) is -0.0126. The zero-order valence-electron chi connectivity index (χ0n) is 8.20. The minimum Gasteiger partial charge on any atom is -0.224 e. The second kappa shape index (κ2) is 4.65. The fourth-order valence-electron chi connectivity index (χ4n) is 1.17. The van der Waals surface area contributed by atoms with Crippen LogP contribution in [0.15, 0.2) is 23.1 Å². The van der Waals surface area contributed by atoms with Crippen LogP contribution in [0, 0.1) is 18.3 Å². The average molecular weight is 244 g/mol. The molecule has 1 aromatic carbocycles. The minimum atomic E-state index is -3.30. The summed E-state index contributed by atoms with van der Waals surface area (Å²) in [4.78, 5) is 0.222. The van der Waals surface area contributed by atoms with Crippen molar-refractivity contribution in [2.24, 2.45) is 0 Å². The van der Waals surface area contributed by atoms with Crippen molar-refractivity contribution >= 4 is 21.4 Å². The third kappa shape index (κ3) is 2.71. The molecule has 80 valence electrons. The fourth-order valence-corrected chi connectivity index (χ4v) is 2.85. The maximum atomic E-state index is 11.6. The van der Waals surface area contributed by atoms with Gasteiger partial charge in [-0.2, -0.15) is 5.26 Å². The summed E-state index contributed by atoms with van der Waals surface area (Å²) in [6.45, 7) is 1.71. The van der Waals surface area contributed by atoms with E-state index in [0.29, 0.717) is 11.1 Å². The van der Waals surface area contributed by atoms with Crippen LogP contribution in [-0.2, 0) is 9.84 Å². The Morgan fingerprint density at radius 1 is 1.47 bits per heavy atom. The molecule has 0 N–H and O–H groups in total. The molecular weight excluding hydrogens is 234 g/mol. The first kappa shape index (κ1) is 12.0. The molecule has 0 aromatic heterocycles. The van der Waals surface area contributed by atoms with Crippen molar-refractivity contribution in [2.75, 3.05) is 11.6 Å². The van der Waals surface area contributed by atoms with Crippen LogP contribution in [0.25, 0.3) is 0 Å². The first-order valence-corrected chi connectivity index (χ1v) is 6.49. The molecule has 0 amide bonds. The van der Waals surface area contributed by atoms with Crippen LogP contribution in [0.5, 0.6) is 0 Å². The van der Waals surface area contributed by atoms with Gasteiger partial charge in [-0.15, -0.1) is 11.6 Å². The zero-order valence-corrected chi connectivity index (χ0v) is 9.77. The Balaban J connectivity index is 3.20. The maximum absolute atomic E-state index is 11.6. The lowest BCUT2D eigenvalue weighted by atomic mass is 10.1. The largest absolute Gasteiger partial charge is 0.224 e. The van der Waals surface area contributed by atoms with Gasteiger partial charge in [0.2, 0.25) is 0 Å². The summed E-state index contributed by atoms with van der Waals surface area (Å²) in [6, 6.07) is 6.43. The molecule has 1 aromatic rings. The number of rotatable bonds is 3. The lowest BCUT2D eigenvalue weighted by Gasteiger charge is -2.04. The Bertz CT molecular complexity index is 503. The van der Waals surface area contributed by atoms with Crippen molar-refractivity contribution < 1.29 is 8.42 Å². The number of halogens is 1. The predicted molar refractivity (Wildman–Crippen MR) is 58.7 cm³/mol. The van der Waals surface area contributed by atoms with Gasteiger partial charge in [0.1, 0.15) is 0 Å². The van der Waals surface area contributed by atoms with Crippen LogP contribution in [0.2, 0.25) is 0 Å². The number of nitriles is 1. The van der Waals surface area contributed by atoms with E-state index in [1.165, 1.54) is 18.2 Å². The highest BCUT2D eigenvalue weighted by atomic mass is 35.5. The highest BCUT2D eigenvalue weighted by Crippen LogP contribution is 2.16. The van der Waals surface area contributed by atoms with Crippen molar-refractivity contribution in [3.8, 4) is 6.07 Å². The number of hydrogen-bond donors (Lipinski definition) is 0. The predicted octanol–water partition coefficient (Wildman–Crippen LogP) is 1.88. The second-order valence-electron chi connectivity index (χ2n) is 3.10. The van der Waals surface area contributed by atoms with Gasteiger partial charge in [-0.3, -0.25) is 0 Å². The molecule has 0 saturated heterocycles. The van der Waals surface area contributed by atoms with E-state index in [2.05, 4.69) is 0 Å². The molecule has 15 heavy (non-hydrogen) atoms. The summed E-state index contributed by atoms with van der Waals surface area (Å²) in [6.07, 6.45) is 0. The van der Waals surface area contributed by atoms with Gasteiger partial charge in [0.05, 0.1) is 22.3 Å². The summed E-state index contributed by atoms with van der Waals surface area (Å²) < 4.78 is 23.2. The fraction of sp³-hybridized carbons (Fsp3) is 0.300. The Kier molecular flexibility index (Phi) is 3.72. The maximum Gasteiger partial charge on any atom is 0.179 e. The minimum absolute atomic E-state index is 0.0708. The van der Waals surface area contributed by atoms with Crippen molar-refractivity contribution in [3.63, 3.8) is 0 Å². The Labute approximate surface area is 94.2 Å². The Hall–Kier alpha value is -1.05. The Morgan fingerprint density at radius 2 is 2.13 bits per heavy atom. The SMILES string of the molecule is Cc1cc(S(=O)(=O)CCCl)ccc1C#N. The second-order valence-corrected chi connectivity index (χ2v) is 5.58. The summed E-state index contributed by atoms with van der Waals surface area (Å²) >= 11 is 5.40. The molecule has 0 atom stereocenters. The highest BCUT2D eigenvalue weighted by Gasteiger charge is 2.14. The van der Waals surface area contributed by atoms with Crippen LogP contribution in [0.4, 0.5) is 0 Å². The molecule has 0 heterocycles. The number of benzene rings is 1. The van der Waals surface area contributed by atoms with Gasteiger partial charge in [0, 0.05) is 5.88 Å². The molecule has 5 heteroatoms. The topological polar surface area (TPSA) is 57.9 Å². The van der Waals surface area contributed by atoms with Crippen molar-refractivity contribution in [3.05, 3.63) is 29.3 Å². The Morgan fingerprint density at radius 3 is 2.60 bits per heavy atom. The van der Waals surface area contributed by atoms with E-state index in [1.807, 2.05) is 6.07 Å². The molecule has 0 aliphatic rings. The van der Waals surface area contributed by atoms with Crippen LogP contribution in [-0.4, -0.2) is 20.1 Å². The molecule has 0 aliphatic heterocycles. The first-order chi connectivity index (χ1) is 7.01. The van der Waals surface area contributed by atoms with E-state index in [4.69, 9.17) is 16.9 Å². The van der Waals surface area contributed by atoms with Crippen LogP contribution in [0.3, 0.4) is 0 Å². The molecule has 0 unspecified atom stereocenters. The van der Waals surface area contributed by atoms with Gasteiger partial charge in [0.15, 0.2) is 9.84 Å². The van der Waals surface area contributed by atoms with Gasteiger partial charge < -0.3 is 0 Å². The van der Waals surface area contributed by atoms with Crippen molar-refractivity contribution in [2.45, 2.75) is 11.8 Å². The van der Waals surface area contributed by atoms with Crippen molar-refractivity contribution in [1.82, 2.24) is 0 Å². The normalized spacial score (nSPS) is 11.0. The van der Waals surface area contributed by atoms with Gasteiger partial charge in [0.25, 0.3) is 0 Å². The van der Waals surface area contributed by atoms with Gasteiger partial charge >= 0.3 is 0 Å². The summed E-state index contributed by atoms with van der Waals surface area (Å²) in [7, 11) is -3.30. The van der Waals surface area contributed by atoms with Gasteiger partial charge in [-0.1, -0.05) is 0 Å². The van der Waals surface area contributed by atoms with Crippen LogP contribution < -0.4 is 0 Å². The van der Waals surface area contributed by atoms with Crippen LogP contribution in [0.1, 0.15) is 11.1 Å². The highest BCUT2D eigenvalue weighted by molar-refractivity contribution is 7.91. The van der Waals surface area contributed by atoms with Gasteiger partial charge in [-0.05, 0) is 30.7 Å². The monoisotopic (exact) mass is 243 g/mol. The number of nitrogens with zero attached hydrogens (tertiary/aromatic N) is 1. The standard InChI is InChI=1S/C10H10ClNO2S/c1-8-6-10(3-2-9(8)7-12)15(13,14)5-4-11/h2-3,6H,4-5H2,1H3. The molecule has 0 bridgehead atoms. The van der Waals surface area contributed by atoms with Crippen molar-refractivity contribution in [1.29, 1.82) is 5.26 Å². The third-order valence-corrected chi connectivity index (χ3v) is 4.15. The molecule has 1 rings (SSSR count). The molecule has 0 radical (unpaired) electrons. The van der Waals surface area contributed by atoms with E-state index in [1.54, 1.807) is 6.92 Å². The molecular formula is C10H10ClNO2S. The molecule has 0 spiro atoms. The summed E-state index contributed by atoms with van der Waals surface area (Å²) in [5, 5.41) is 8.69.